The average Bonchev–Trinajstić information content (AvgIpc) is 2.65. The average molecular weight is 350 g/mol. The summed E-state index contributed by atoms with van der Waals surface area (Å²) >= 11 is 0. The van der Waals surface area contributed by atoms with E-state index >= 15 is 0 Å². The molecule has 0 aliphatic heterocycles. The third kappa shape index (κ3) is 3.59. The Morgan fingerprint density at radius 1 is 1.12 bits per heavy atom. The highest BCUT2D eigenvalue weighted by Crippen LogP contribution is 2.16. The van der Waals surface area contributed by atoms with E-state index in [1.807, 2.05) is 50.2 Å². The minimum Gasteiger partial charge on any atom is -0.378 e. The summed E-state index contributed by atoms with van der Waals surface area (Å²) in [5.74, 6) is 0.389. The van der Waals surface area contributed by atoms with Crippen molar-refractivity contribution in [3.8, 4) is 0 Å². The van der Waals surface area contributed by atoms with Crippen molar-refractivity contribution in [2.24, 2.45) is 0 Å². The molecule has 134 valence electrons. The third-order valence-electron chi connectivity index (χ3n) is 4.28. The van der Waals surface area contributed by atoms with Crippen LogP contribution in [0.2, 0.25) is 0 Å². The van der Waals surface area contributed by atoms with Gasteiger partial charge in [0.05, 0.1) is 17.4 Å². The molecule has 0 aliphatic carbocycles. The van der Waals surface area contributed by atoms with Crippen LogP contribution in [0, 0.1) is 0 Å². The lowest BCUT2D eigenvalue weighted by molar-refractivity contribution is 0.0748. The zero-order chi connectivity index (χ0) is 18.7. The molecular weight excluding hydrogens is 328 g/mol. The number of benzene rings is 2. The number of hydrogen-bond acceptors (Lipinski definition) is 4. The van der Waals surface area contributed by atoms with Gasteiger partial charge in [-0.2, -0.15) is 0 Å². The lowest BCUT2D eigenvalue weighted by Gasteiger charge is -2.21. The van der Waals surface area contributed by atoms with Gasteiger partial charge in [0.25, 0.3) is 11.5 Å². The van der Waals surface area contributed by atoms with Gasteiger partial charge >= 0.3 is 0 Å². The number of H-pyrrole nitrogens is 1. The Kier molecular flexibility index (Phi) is 5.02. The smallest absolute Gasteiger partial charge is 0.258 e. The van der Waals surface area contributed by atoms with E-state index in [0.717, 1.165) is 5.69 Å². The third-order valence-corrected chi connectivity index (χ3v) is 4.28. The van der Waals surface area contributed by atoms with Gasteiger partial charge in [0.2, 0.25) is 0 Å². The first-order valence-electron chi connectivity index (χ1n) is 8.54. The topological polar surface area (TPSA) is 69.3 Å². The number of nitrogens with one attached hydrogen (secondary N) is 1. The van der Waals surface area contributed by atoms with E-state index in [0.29, 0.717) is 28.8 Å². The predicted molar refractivity (Wildman–Crippen MR) is 104 cm³/mol. The minimum absolute atomic E-state index is 0.0907. The van der Waals surface area contributed by atoms with E-state index in [-0.39, 0.29) is 18.0 Å². The van der Waals surface area contributed by atoms with Crippen LogP contribution in [0.5, 0.6) is 0 Å². The molecular formula is C20H22N4O2. The quantitative estimate of drug-likeness (QED) is 0.768. The predicted octanol–water partition coefficient (Wildman–Crippen LogP) is 2.65. The van der Waals surface area contributed by atoms with Gasteiger partial charge in [-0.1, -0.05) is 18.2 Å². The highest BCUT2D eigenvalue weighted by atomic mass is 16.2. The second-order valence-electron chi connectivity index (χ2n) is 6.29. The monoisotopic (exact) mass is 350 g/mol. The zero-order valence-corrected chi connectivity index (χ0v) is 15.2. The summed E-state index contributed by atoms with van der Waals surface area (Å²) in [5.41, 5.74) is 2.01. The molecule has 3 aromatic rings. The number of hydrogen-bond donors (Lipinski definition) is 1. The van der Waals surface area contributed by atoms with Crippen LogP contribution in [0.15, 0.2) is 53.3 Å². The van der Waals surface area contributed by atoms with Gasteiger partial charge in [-0.25, -0.2) is 4.98 Å². The minimum atomic E-state index is -0.191. The van der Waals surface area contributed by atoms with Crippen LogP contribution in [0.1, 0.15) is 23.1 Å². The van der Waals surface area contributed by atoms with Crippen molar-refractivity contribution in [3.05, 3.63) is 70.3 Å². The summed E-state index contributed by atoms with van der Waals surface area (Å²) in [5, 5.41) is 0.546. The number of para-hydroxylation sites is 1. The maximum absolute atomic E-state index is 12.9. The Bertz CT molecular complexity index is 994. The first kappa shape index (κ1) is 17.7. The summed E-state index contributed by atoms with van der Waals surface area (Å²) in [6, 6.07) is 14.7. The van der Waals surface area contributed by atoms with Crippen LogP contribution in [0.25, 0.3) is 10.9 Å². The Labute approximate surface area is 152 Å². The Hall–Kier alpha value is -3.15. The van der Waals surface area contributed by atoms with Crippen LogP contribution in [-0.4, -0.2) is 41.4 Å². The van der Waals surface area contributed by atoms with Crippen LogP contribution in [-0.2, 0) is 6.54 Å². The van der Waals surface area contributed by atoms with E-state index in [2.05, 4.69) is 9.97 Å². The maximum Gasteiger partial charge on any atom is 0.258 e. The highest BCUT2D eigenvalue weighted by molar-refractivity contribution is 5.95. The molecule has 26 heavy (non-hydrogen) atoms. The molecule has 1 heterocycles. The lowest BCUT2D eigenvalue weighted by atomic mass is 10.1. The summed E-state index contributed by atoms with van der Waals surface area (Å²) in [4.78, 5) is 36.0. The van der Waals surface area contributed by atoms with Gasteiger partial charge in [-0.15, -0.1) is 0 Å². The molecule has 0 bridgehead atoms. The molecule has 0 radical (unpaired) electrons. The molecule has 3 rings (SSSR count). The molecule has 2 aromatic carbocycles. The lowest BCUT2D eigenvalue weighted by Crippen LogP contribution is -2.32. The molecule has 0 saturated heterocycles. The fourth-order valence-electron chi connectivity index (χ4n) is 2.82. The molecule has 0 unspecified atom stereocenters. The van der Waals surface area contributed by atoms with E-state index in [1.54, 1.807) is 29.2 Å². The van der Waals surface area contributed by atoms with Crippen molar-refractivity contribution in [3.63, 3.8) is 0 Å². The van der Waals surface area contributed by atoms with Gasteiger partial charge in [0.1, 0.15) is 5.82 Å². The largest absolute Gasteiger partial charge is 0.378 e. The number of nitrogens with zero attached hydrogens (tertiary/aromatic N) is 3. The summed E-state index contributed by atoms with van der Waals surface area (Å²) in [6.07, 6.45) is 0. The van der Waals surface area contributed by atoms with Gasteiger partial charge in [-0.3, -0.25) is 9.59 Å². The number of carbonyl (C=O) groups excluding carboxylic acids is 1. The molecule has 6 heteroatoms. The van der Waals surface area contributed by atoms with E-state index < -0.39 is 0 Å². The standard InChI is InChI=1S/C20H22N4O2/c1-4-24(20(26)14-8-7-9-15(12-14)23(2)3)13-18-21-17-11-6-5-10-16(17)19(25)22-18/h5-12H,4,13H2,1-3H3,(H,21,22,25). The fraction of sp³-hybridized carbons (Fsp3) is 0.250. The Morgan fingerprint density at radius 3 is 2.62 bits per heavy atom. The van der Waals surface area contributed by atoms with Crippen molar-refractivity contribution >= 4 is 22.5 Å². The molecule has 1 aromatic heterocycles. The molecule has 0 saturated carbocycles. The first-order valence-corrected chi connectivity index (χ1v) is 8.54. The normalized spacial score (nSPS) is 10.7. The number of carbonyl (C=O) groups is 1. The molecule has 0 aliphatic rings. The Balaban J connectivity index is 1.89. The molecule has 0 spiro atoms. The van der Waals surface area contributed by atoms with Gasteiger partial charge in [0, 0.05) is 31.9 Å². The van der Waals surface area contributed by atoms with E-state index in [1.165, 1.54) is 0 Å². The number of aromatic nitrogens is 2. The summed E-state index contributed by atoms with van der Waals surface area (Å²) < 4.78 is 0. The van der Waals surface area contributed by atoms with Crippen LogP contribution >= 0.6 is 0 Å². The molecule has 1 N–H and O–H groups in total. The van der Waals surface area contributed by atoms with Crippen molar-refractivity contribution in [2.45, 2.75) is 13.5 Å². The molecule has 1 amide bonds. The zero-order valence-electron chi connectivity index (χ0n) is 15.2. The van der Waals surface area contributed by atoms with Gasteiger partial charge < -0.3 is 14.8 Å². The van der Waals surface area contributed by atoms with Crippen LogP contribution < -0.4 is 10.5 Å². The van der Waals surface area contributed by atoms with Gasteiger partial charge in [-0.05, 0) is 37.3 Å². The Morgan fingerprint density at radius 2 is 1.88 bits per heavy atom. The van der Waals surface area contributed by atoms with E-state index in [4.69, 9.17) is 0 Å². The van der Waals surface area contributed by atoms with Gasteiger partial charge in [0.15, 0.2) is 0 Å². The SMILES string of the molecule is CCN(Cc1nc2ccccc2c(=O)[nH]1)C(=O)c1cccc(N(C)C)c1. The van der Waals surface area contributed by atoms with E-state index in [9.17, 15) is 9.59 Å². The second-order valence-corrected chi connectivity index (χ2v) is 6.29. The summed E-state index contributed by atoms with van der Waals surface area (Å²) in [6.45, 7) is 2.68. The number of amides is 1. The van der Waals surface area contributed by atoms with Crippen molar-refractivity contribution in [1.29, 1.82) is 0 Å². The molecule has 0 atom stereocenters. The van der Waals surface area contributed by atoms with Crippen molar-refractivity contribution < 1.29 is 4.79 Å². The van der Waals surface area contributed by atoms with Crippen LogP contribution in [0.3, 0.4) is 0 Å². The number of fused-ring (bicyclic) bond motifs is 1. The highest BCUT2D eigenvalue weighted by Gasteiger charge is 2.17. The fourth-order valence-corrected chi connectivity index (χ4v) is 2.82. The number of rotatable bonds is 5. The summed E-state index contributed by atoms with van der Waals surface area (Å²) in [7, 11) is 3.87. The molecule has 6 nitrogen and oxygen atoms in total. The van der Waals surface area contributed by atoms with Crippen molar-refractivity contribution in [1.82, 2.24) is 14.9 Å². The maximum atomic E-state index is 12.9. The first-order chi connectivity index (χ1) is 12.5. The second kappa shape index (κ2) is 7.39. The molecule has 0 fully saturated rings. The van der Waals surface area contributed by atoms with Crippen molar-refractivity contribution in [2.75, 3.05) is 25.5 Å². The number of aromatic amines is 1. The van der Waals surface area contributed by atoms with Crippen LogP contribution in [0.4, 0.5) is 5.69 Å². The number of anilines is 1.